The zero-order valence-electron chi connectivity index (χ0n) is 38.6. The van der Waals surface area contributed by atoms with Crippen LogP contribution >= 0.6 is 0 Å². The fraction of sp³-hybridized carbons (Fsp3) is 0.531. The summed E-state index contributed by atoms with van der Waals surface area (Å²) in [6.07, 6.45) is 8.61. The molecule has 5 aliphatic heterocycles. The lowest BCUT2D eigenvalue weighted by Gasteiger charge is -2.36. The molecule has 10 rings (SSSR count). The van der Waals surface area contributed by atoms with E-state index < -0.39 is 18.4 Å². The van der Waals surface area contributed by atoms with Crippen LogP contribution in [0.2, 0.25) is 0 Å². The van der Waals surface area contributed by atoms with Crippen molar-refractivity contribution in [3.8, 4) is 11.1 Å². The SMILES string of the molecule is CC(=O)N1CCc2c(c(N3CCCc4cc(-c5cnn(C)c5)c(C(F)F)cc43)nn2C2CCN(C(=O)CN3CCC(CCc4cccc5c4n(C)c(=O)n5C4CCC(=O)NC4=O)CC3)CC2)C1. The van der Waals surface area contributed by atoms with Gasteiger partial charge in [0.15, 0.2) is 5.82 Å². The number of imidazole rings is 1. The zero-order chi connectivity index (χ0) is 46.7. The van der Waals surface area contributed by atoms with Crippen LogP contribution in [0.15, 0.2) is 47.5 Å². The van der Waals surface area contributed by atoms with Gasteiger partial charge in [-0.25, -0.2) is 13.6 Å². The third-order valence-electron chi connectivity index (χ3n) is 15.1. The van der Waals surface area contributed by atoms with E-state index in [4.69, 9.17) is 5.10 Å². The number of imide groups is 1. The molecule has 0 aliphatic carbocycles. The lowest BCUT2D eigenvalue weighted by Crippen LogP contribution is -2.46. The summed E-state index contributed by atoms with van der Waals surface area (Å²) in [6.45, 7) is 6.48. The normalized spacial score (nSPS) is 19.9. The van der Waals surface area contributed by atoms with Crippen molar-refractivity contribution >= 4 is 46.2 Å². The predicted octanol–water partition coefficient (Wildman–Crippen LogP) is 5.35. The van der Waals surface area contributed by atoms with Crippen LogP contribution in [0.1, 0.15) is 105 Å². The van der Waals surface area contributed by atoms with E-state index in [0.29, 0.717) is 74.7 Å². The van der Waals surface area contributed by atoms with E-state index in [1.54, 1.807) is 48.7 Å². The monoisotopic (exact) mass is 919 g/mol. The number of likely N-dealkylation sites (tertiary alicyclic amines) is 2. The number of rotatable bonds is 10. The molecule has 1 N–H and O–H groups in total. The number of aryl methyl sites for hydroxylation is 4. The van der Waals surface area contributed by atoms with E-state index in [1.165, 1.54) is 4.57 Å². The van der Waals surface area contributed by atoms with E-state index in [9.17, 15) is 32.8 Å². The van der Waals surface area contributed by atoms with Crippen LogP contribution in [0.25, 0.3) is 22.2 Å². The van der Waals surface area contributed by atoms with E-state index >= 15 is 0 Å². The Hall–Kier alpha value is -6.17. The fourth-order valence-corrected chi connectivity index (χ4v) is 11.5. The second kappa shape index (κ2) is 18.1. The minimum Gasteiger partial charge on any atom is -0.341 e. The van der Waals surface area contributed by atoms with Crippen molar-refractivity contribution in [1.29, 1.82) is 0 Å². The Bertz CT molecular complexity index is 2810. The molecule has 16 nitrogen and oxygen atoms in total. The van der Waals surface area contributed by atoms with Gasteiger partial charge in [0.2, 0.25) is 23.6 Å². The van der Waals surface area contributed by atoms with Gasteiger partial charge in [-0.15, -0.1) is 0 Å². The number of para-hydroxylation sites is 1. The highest BCUT2D eigenvalue weighted by Crippen LogP contribution is 2.44. The van der Waals surface area contributed by atoms with Crippen molar-refractivity contribution in [3.63, 3.8) is 0 Å². The van der Waals surface area contributed by atoms with Gasteiger partial charge < -0.3 is 14.7 Å². The maximum atomic E-state index is 14.8. The van der Waals surface area contributed by atoms with Crippen molar-refractivity contribution in [3.05, 3.63) is 81.2 Å². The highest BCUT2D eigenvalue weighted by atomic mass is 19.3. The van der Waals surface area contributed by atoms with Gasteiger partial charge in [0.05, 0.1) is 36.4 Å². The number of alkyl halides is 2. The summed E-state index contributed by atoms with van der Waals surface area (Å²) < 4.78 is 36.4. The number of benzene rings is 2. The van der Waals surface area contributed by atoms with Gasteiger partial charge in [-0.05, 0) is 112 Å². The number of carbonyl (C=O) groups is 4. The van der Waals surface area contributed by atoms with Crippen LogP contribution in [-0.4, -0.2) is 113 Å². The lowest BCUT2D eigenvalue weighted by atomic mass is 9.90. The lowest BCUT2D eigenvalue weighted by molar-refractivity contribution is -0.136. The number of piperidine rings is 3. The third-order valence-corrected chi connectivity index (χ3v) is 15.1. The van der Waals surface area contributed by atoms with Crippen LogP contribution in [0.3, 0.4) is 0 Å². The van der Waals surface area contributed by atoms with Gasteiger partial charge in [-0.2, -0.15) is 10.2 Å². The number of nitrogens with one attached hydrogen (secondary N) is 1. The molecule has 0 spiro atoms. The van der Waals surface area contributed by atoms with Crippen LogP contribution < -0.4 is 15.9 Å². The number of hydrogen-bond donors (Lipinski definition) is 1. The first-order valence-electron chi connectivity index (χ1n) is 23.9. The number of nitrogens with zero attached hydrogens (tertiary/aromatic N) is 10. The first-order chi connectivity index (χ1) is 32.3. The Balaban J connectivity index is 0.776. The standard InChI is InChI=1S/C49H59F2N11O5/c1-30(63)59-23-17-39-38(28-59)47(60-18-5-7-33-24-36(34-26-52-55(2)27-34)37(46(50)51)25-42(33)60)54-62(39)35-15-21-58(22-16-35)44(65)29-57-19-13-31(14-20-57)9-10-32-6-4-8-40-45(32)56(3)49(67)61(40)41-11-12-43(64)53-48(41)66/h4,6,8,24-27,31,35,41,46H,5,7,9-23,28-29H2,1-3H3,(H,53,64,66). The largest absolute Gasteiger partial charge is 0.341 e. The molecule has 354 valence electrons. The molecule has 3 saturated heterocycles. The van der Waals surface area contributed by atoms with Gasteiger partial charge in [0.1, 0.15) is 6.04 Å². The number of halogens is 2. The number of aromatic nitrogens is 6. The maximum Gasteiger partial charge on any atom is 0.329 e. The summed E-state index contributed by atoms with van der Waals surface area (Å²) >= 11 is 0. The maximum absolute atomic E-state index is 14.8. The smallest absolute Gasteiger partial charge is 0.329 e. The highest BCUT2D eigenvalue weighted by molar-refractivity contribution is 6.00. The molecule has 1 atom stereocenters. The molecule has 0 bridgehead atoms. The minimum atomic E-state index is -2.68. The Morgan fingerprint density at radius 1 is 0.910 bits per heavy atom. The molecule has 8 heterocycles. The number of amides is 4. The first kappa shape index (κ1) is 44.7. The van der Waals surface area contributed by atoms with Gasteiger partial charge in [0.25, 0.3) is 6.43 Å². The zero-order valence-corrected chi connectivity index (χ0v) is 38.6. The van der Waals surface area contributed by atoms with Crippen LogP contribution in [0, 0.1) is 5.92 Å². The molecule has 5 aliphatic rings. The van der Waals surface area contributed by atoms with Crippen LogP contribution in [-0.2, 0) is 59.1 Å². The number of anilines is 2. The molecule has 3 aromatic heterocycles. The summed E-state index contributed by atoms with van der Waals surface area (Å²) in [5.41, 5.74) is 7.20. The molecule has 5 aromatic rings. The number of hydrogen-bond acceptors (Lipinski definition) is 9. The fourth-order valence-electron chi connectivity index (χ4n) is 11.5. The summed E-state index contributed by atoms with van der Waals surface area (Å²) in [6, 6.07) is 8.72. The topological polar surface area (TPSA) is 156 Å². The summed E-state index contributed by atoms with van der Waals surface area (Å²) in [7, 11) is 3.52. The van der Waals surface area contributed by atoms with Gasteiger partial charge in [0, 0.05) is 94.3 Å². The van der Waals surface area contributed by atoms with Gasteiger partial charge >= 0.3 is 5.69 Å². The van der Waals surface area contributed by atoms with Crippen molar-refractivity contribution in [2.75, 3.05) is 50.7 Å². The van der Waals surface area contributed by atoms with Crippen molar-refractivity contribution < 1.29 is 28.0 Å². The molecule has 18 heteroatoms. The van der Waals surface area contributed by atoms with E-state index in [0.717, 1.165) is 104 Å². The summed E-state index contributed by atoms with van der Waals surface area (Å²) in [5.74, 6) is 0.578. The highest BCUT2D eigenvalue weighted by Gasteiger charge is 2.36. The Morgan fingerprint density at radius 2 is 1.70 bits per heavy atom. The van der Waals surface area contributed by atoms with Crippen molar-refractivity contribution in [2.45, 2.75) is 103 Å². The van der Waals surface area contributed by atoms with Gasteiger partial charge in [-0.1, -0.05) is 12.1 Å². The molecule has 2 aromatic carbocycles. The molecular weight excluding hydrogens is 861 g/mol. The van der Waals surface area contributed by atoms with Crippen LogP contribution in [0.4, 0.5) is 20.3 Å². The number of fused-ring (bicyclic) bond motifs is 3. The Kier molecular flexibility index (Phi) is 12.1. The molecule has 0 radical (unpaired) electrons. The average molecular weight is 920 g/mol. The Labute approximate surface area is 387 Å². The van der Waals surface area contributed by atoms with Gasteiger partial charge in [-0.3, -0.25) is 47.9 Å². The first-order valence-corrected chi connectivity index (χ1v) is 23.9. The molecule has 0 saturated carbocycles. The molecule has 4 amide bonds. The molecule has 3 fully saturated rings. The molecular formula is C49H59F2N11O5. The summed E-state index contributed by atoms with van der Waals surface area (Å²) in [4.78, 5) is 72.6. The minimum absolute atomic E-state index is 0.0102. The predicted molar refractivity (Wildman–Crippen MR) is 247 cm³/mol. The second-order valence-corrected chi connectivity index (χ2v) is 19.2. The Morgan fingerprint density at radius 3 is 2.42 bits per heavy atom. The van der Waals surface area contributed by atoms with E-state index in [-0.39, 0.29) is 41.4 Å². The summed E-state index contributed by atoms with van der Waals surface area (Å²) in [5, 5.41) is 11.9. The number of carbonyl (C=O) groups excluding carboxylic acids is 4. The van der Waals surface area contributed by atoms with E-state index in [2.05, 4.69) is 31.0 Å². The van der Waals surface area contributed by atoms with E-state index in [1.807, 2.05) is 28.0 Å². The van der Waals surface area contributed by atoms with Crippen molar-refractivity contribution in [1.82, 2.24) is 48.7 Å². The quantitative estimate of drug-likeness (QED) is 0.183. The second-order valence-electron chi connectivity index (χ2n) is 19.2. The average Bonchev–Trinajstić information content (AvgIpc) is 4.01. The van der Waals surface area contributed by atoms with Crippen molar-refractivity contribution in [2.24, 2.45) is 20.0 Å². The third kappa shape index (κ3) is 8.46. The van der Waals surface area contributed by atoms with Crippen LogP contribution in [0.5, 0.6) is 0 Å². The molecule has 67 heavy (non-hydrogen) atoms. The molecule has 1 unspecified atom stereocenters.